The number of hydrogen-bond acceptors (Lipinski definition) is 3. The Morgan fingerprint density at radius 1 is 1.47 bits per heavy atom. The van der Waals surface area contributed by atoms with Crippen molar-refractivity contribution in [2.75, 3.05) is 18.5 Å². The van der Waals surface area contributed by atoms with Gasteiger partial charge >= 0.3 is 6.18 Å². The van der Waals surface area contributed by atoms with Gasteiger partial charge in [0.2, 0.25) is 5.91 Å². The first-order valence-corrected chi connectivity index (χ1v) is 5.73. The van der Waals surface area contributed by atoms with Crippen molar-refractivity contribution in [2.45, 2.75) is 19.5 Å². The summed E-state index contributed by atoms with van der Waals surface area (Å²) < 4.78 is 39.6. The summed E-state index contributed by atoms with van der Waals surface area (Å²) in [6.07, 6.45) is -4.55. The molecule has 0 aliphatic heterocycles. The summed E-state index contributed by atoms with van der Waals surface area (Å²) >= 11 is 5.65. The number of ether oxygens (including phenoxy) is 1. The maximum absolute atomic E-state index is 11.8. The molecule has 106 valence electrons. The van der Waals surface area contributed by atoms with Crippen LogP contribution in [0.3, 0.4) is 0 Å². The lowest BCUT2D eigenvalue weighted by atomic mass is 10.3. The lowest BCUT2D eigenvalue weighted by molar-refractivity contribution is -0.174. The zero-order valence-electron chi connectivity index (χ0n) is 10.1. The molecule has 1 N–H and O–H groups in total. The van der Waals surface area contributed by atoms with Gasteiger partial charge in [0.1, 0.15) is 11.8 Å². The average molecular weight is 297 g/mol. The SMILES string of the molecule is Cc1nc(Cl)ccc1NC(=O)CCOCC(F)(F)F. The standard InChI is InChI=1S/C11H12ClF3N2O2/c1-7-8(2-3-9(12)16-7)17-10(18)4-5-19-6-11(13,14)15/h2-3H,4-6H2,1H3,(H,17,18). The molecule has 0 saturated carbocycles. The van der Waals surface area contributed by atoms with E-state index in [-0.39, 0.29) is 13.0 Å². The minimum absolute atomic E-state index is 0.169. The first-order valence-electron chi connectivity index (χ1n) is 5.35. The molecule has 0 atom stereocenters. The number of amides is 1. The van der Waals surface area contributed by atoms with Gasteiger partial charge in [-0.2, -0.15) is 13.2 Å². The predicted octanol–water partition coefficient (Wildman–Crippen LogP) is 2.95. The van der Waals surface area contributed by atoms with Crippen molar-refractivity contribution in [3.05, 3.63) is 23.0 Å². The van der Waals surface area contributed by atoms with Gasteiger partial charge in [0.25, 0.3) is 0 Å². The Hall–Kier alpha value is -1.34. The minimum Gasteiger partial charge on any atom is -0.372 e. The molecular weight excluding hydrogens is 285 g/mol. The zero-order chi connectivity index (χ0) is 14.5. The van der Waals surface area contributed by atoms with E-state index in [0.29, 0.717) is 16.5 Å². The van der Waals surface area contributed by atoms with Crippen molar-refractivity contribution >= 4 is 23.2 Å². The van der Waals surface area contributed by atoms with E-state index in [1.54, 1.807) is 13.0 Å². The average Bonchev–Trinajstić information content (AvgIpc) is 2.27. The molecule has 1 amide bonds. The molecule has 19 heavy (non-hydrogen) atoms. The molecule has 4 nitrogen and oxygen atoms in total. The van der Waals surface area contributed by atoms with Crippen molar-refractivity contribution in [1.29, 1.82) is 0 Å². The molecule has 0 unspecified atom stereocenters. The third-order valence-corrected chi connectivity index (χ3v) is 2.28. The van der Waals surface area contributed by atoms with Gasteiger partial charge < -0.3 is 10.1 Å². The van der Waals surface area contributed by atoms with Crippen molar-refractivity contribution in [3.63, 3.8) is 0 Å². The third kappa shape index (κ3) is 6.40. The van der Waals surface area contributed by atoms with Crippen molar-refractivity contribution in [3.8, 4) is 0 Å². The number of rotatable bonds is 5. The quantitative estimate of drug-likeness (QED) is 0.671. The van der Waals surface area contributed by atoms with Gasteiger partial charge in [-0.1, -0.05) is 11.6 Å². The molecule has 0 aromatic carbocycles. The highest BCUT2D eigenvalue weighted by Crippen LogP contribution is 2.16. The van der Waals surface area contributed by atoms with Crippen LogP contribution in [-0.2, 0) is 9.53 Å². The van der Waals surface area contributed by atoms with E-state index in [2.05, 4.69) is 15.0 Å². The van der Waals surface area contributed by atoms with Gasteiger partial charge in [-0.05, 0) is 19.1 Å². The molecule has 0 radical (unpaired) electrons. The summed E-state index contributed by atoms with van der Waals surface area (Å²) in [7, 11) is 0. The second kappa shape index (κ2) is 6.72. The van der Waals surface area contributed by atoms with Crippen LogP contribution < -0.4 is 5.32 Å². The Morgan fingerprint density at radius 2 is 2.16 bits per heavy atom. The van der Waals surface area contributed by atoms with Crippen LogP contribution in [0.1, 0.15) is 12.1 Å². The van der Waals surface area contributed by atoms with Crippen LogP contribution in [0.5, 0.6) is 0 Å². The lowest BCUT2D eigenvalue weighted by Gasteiger charge is -2.09. The van der Waals surface area contributed by atoms with Gasteiger partial charge in [0, 0.05) is 0 Å². The fourth-order valence-corrected chi connectivity index (χ4v) is 1.42. The second-order valence-corrected chi connectivity index (χ2v) is 4.12. The number of alkyl halides is 3. The number of nitrogens with zero attached hydrogens (tertiary/aromatic N) is 1. The third-order valence-electron chi connectivity index (χ3n) is 2.07. The molecule has 1 aromatic rings. The van der Waals surface area contributed by atoms with E-state index in [0.717, 1.165) is 0 Å². The number of nitrogens with one attached hydrogen (secondary N) is 1. The van der Waals surface area contributed by atoms with Crippen LogP contribution in [-0.4, -0.2) is 30.3 Å². The fraction of sp³-hybridized carbons (Fsp3) is 0.455. The normalized spacial score (nSPS) is 11.4. The van der Waals surface area contributed by atoms with E-state index in [4.69, 9.17) is 11.6 Å². The van der Waals surface area contributed by atoms with Crippen LogP contribution >= 0.6 is 11.6 Å². The van der Waals surface area contributed by atoms with Crippen molar-refractivity contribution < 1.29 is 22.7 Å². The van der Waals surface area contributed by atoms with Gasteiger partial charge in [-0.25, -0.2) is 4.98 Å². The van der Waals surface area contributed by atoms with Crippen LogP contribution in [0.4, 0.5) is 18.9 Å². The minimum atomic E-state index is -4.38. The Balaban J connectivity index is 2.35. The van der Waals surface area contributed by atoms with Crippen molar-refractivity contribution in [2.24, 2.45) is 0 Å². The Morgan fingerprint density at radius 3 is 2.74 bits per heavy atom. The number of hydrogen-bond donors (Lipinski definition) is 1. The summed E-state index contributed by atoms with van der Waals surface area (Å²) in [5.74, 6) is -0.450. The lowest BCUT2D eigenvalue weighted by Crippen LogP contribution is -2.20. The first-order chi connectivity index (χ1) is 8.78. The molecule has 1 heterocycles. The largest absolute Gasteiger partial charge is 0.411 e. The highest BCUT2D eigenvalue weighted by atomic mass is 35.5. The zero-order valence-corrected chi connectivity index (χ0v) is 10.8. The van der Waals surface area contributed by atoms with Gasteiger partial charge in [0.15, 0.2) is 0 Å². The summed E-state index contributed by atoms with van der Waals surface area (Å²) in [5.41, 5.74) is 0.988. The Kier molecular flexibility index (Phi) is 5.56. The molecule has 0 aliphatic rings. The summed E-state index contributed by atoms with van der Waals surface area (Å²) in [6, 6.07) is 3.07. The summed E-state index contributed by atoms with van der Waals surface area (Å²) in [5, 5.41) is 2.81. The van der Waals surface area contributed by atoms with Gasteiger partial charge in [-0.3, -0.25) is 4.79 Å². The number of carbonyl (C=O) groups excluding carboxylic acids is 1. The van der Waals surface area contributed by atoms with E-state index in [1.807, 2.05) is 0 Å². The molecule has 0 spiro atoms. The predicted molar refractivity (Wildman–Crippen MR) is 64.1 cm³/mol. The first kappa shape index (κ1) is 15.7. The molecule has 0 aliphatic carbocycles. The van der Waals surface area contributed by atoms with Crippen LogP contribution in [0.2, 0.25) is 5.15 Å². The highest BCUT2D eigenvalue weighted by Gasteiger charge is 2.27. The molecule has 0 bridgehead atoms. The summed E-state index contributed by atoms with van der Waals surface area (Å²) in [4.78, 5) is 15.4. The van der Waals surface area contributed by atoms with Crippen molar-refractivity contribution in [1.82, 2.24) is 4.98 Å². The number of pyridine rings is 1. The maximum atomic E-state index is 11.8. The maximum Gasteiger partial charge on any atom is 0.411 e. The molecule has 8 heteroatoms. The van der Waals surface area contributed by atoms with E-state index in [9.17, 15) is 18.0 Å². The molecule has 0 saturated heterocycles. The topological polar surface area (TPSA) is 51.2 Å². The van der Waals surface area contributed by atoms with E-state index in [1.165, 1.54) is 6.07 Å². The Labute approximate surface area is 112 Å². The number of carbonyl (C=O) groups is 1. The molecule has 1 aromatic heterocycles. The molecule has 1 rings (SSSR count). The summed E-state index contributed by atoms with van der Waals surface area (Å²) in [6.45, 7) is -0.00510. The van der Waals surface area contributed by atoms with Crippen LogP contribution in [0, 0.1) is 6.92 Å². The number of halogens is 4. The molecular formula is C11H12ClF3N2O2. The Bertz CT molecular complexity index is 452. The highest BCUT2D eigenvalue weighted by molar-refractivity contribution is 6.29. The van der Waals surface area contributed by atoms with Gasteiger partial charge in [0.05, 0.1) is 24.4 Å². The van der Waals surface area contributed by atoms with Crippen LogP contribution in [0.15, 0.2) is 12.1 Å². The van der Waals surface area contributed by atoms with E-state index >= 15 is 0 Å². The smallest absolute Gasteiger partial charge is 0.372 e. The van der Waals surface area contributed by atoms with Gasteiger partial charge in [-0.15, -0.1) is 0 Å². The number of aryl methyl sites for hydroxylation is 1. The second-order valence-electron chi connectivity index (χ2n) is 3.73. The van der Waals surface area contributed by atoms with Crippen LogP contribution in [0.25, 0.3) is 0 Å². The number of aromatic nitrogens is 1. The fourth-order valence-electron chi connectivity index (χ4n) is 1.23. The van der Waals surface area contributed by atoms with E-state index < -0.39 is 18.7 Å². The number of anilines is 1. The monoisotopic (exact) mass is 296 g/mol. The molecule has 0 fully saturated rings.